The van der Waals surface area contributed by atoms with Gasteiger partial charge in [0.15, 0.2) is 0 Å². The molecule has 2 rings (SSSR count). The maximum absolute atomic E-state index is 13.1. The summed E-state index contributed by atoms with van der Waals surface area (Å²) in [6.07, 6.45) is 2.46. The zero-order valence-electron chi connectivity index (χ0n) is 12.3. The van der Waals surface area contributed by atoms with Gasteiger partial charge in [0.25, 0.3) is 0 Å². The fraction of sp³-hybridized carbons (Fsp3) is 0.625. The van der Waals surface area contributed by atoms with Gasteiger partial charge >= 0.3 is 0 Å². The average Bonchev–Trinajstić information content (AvgIpc) is 2.42. The first-order valence-electron chi connectivity index (χ1n) is 7.44. The Balaban J connectivity index is 1.77. The standard InChI is InChI=1S/C16H24ClFN2/c1-12(2)19-10-13-5-7-20(8-6-13)11-14-3-4-16(18)15(17)9-14/h3-4,9,12-13,19H,5-8,10-11H2,1-2H3. The van der Waals surface area contributed by atoms with Crippen LogP contribution in [0.25, 0.3) is 0 Å². The third-order valence-corrected chi connectivity index (χ3v) is 4.20. The lowest BCUT2D eigenvalue weighted by atomic mass is 9.96. The summed E-state index contributed by atoms with van der Waals surface area (Å²) in [6, 6.07) is 5.59. The second kappa shape index (κ2) is 7.39. The van der Waals surface area contributed by atoms with Gasteiger partial charge in [0, 0.05) is 12.6 Å². The number of halogens is 2. The van der Waals surface area contributed by atoms with Crippen LogP contribution in [0.5, 0.6) is 0 Å². The van der Waals surface area contributed by atoms with Gasteiger partial charge in [-0.2, -0.15) is 0 Å². The normalized spacial score (nSPS) is 17.9. The summed E-state index contributed by atoms with van der Waals surface area (Å²) in [6.45, 7) is 8.58. The Kier molecular flexibility index (Phi) is 5.82. The van der Waals surface area contributed by atoms with Crippen LogP contribution in [0.1, 0.15) is 32.3 Å². The molecule has 4 heteroatoms. The molecule has 0 saturated carbocycles. The fourth-order valence-corrected chi connectivity index (χ4v) is 2.85. The van der Waals surface area contributed by atoms with Crippen molar-refractivity contribution in [2.24, 2.45) is 5.92 Å². The monoisotopic (exact) mass is 298 g/mol. The Morgan fingerprint density at radius 1 is 1.35 bits per heavy atom. The largest absolute Gasteiger partial charge is 0.314 e. The van der Waals surface area contributed by atoms with Gasteiger partial charge in [-0.3, -0.25) is 4.90 Å². The molecule has 2 nitrogen and oxygen atoms in total. The van der Waals surface area contributed by atoms with Gasteiger partial charge in [-0.15, -0.1) is 0 Å². The summed E-state index contributed by atoms with van der Waals surface area (Å²) in [5.74, 6) is 0.444. The molecule has 0 amide bonds. The number of hydrogen-bond donors (Lipinski definition) is 1. The highest BCUT2D eigenvalue weighted by atomic mass is 35.5. The quantitative estimate of drug-likeness (QED) is 0.892. The number of nitrogens with zero attached hydrogens (tertiary/aromatic N) is 1. The van der Waals surface area contributed by atoms with E-state index < -0.39 is 0 Å². The maximum Gasteiger partial charge on any atom is 0.141 e. The number of likely N-dealkylation sites (tertiary alicyclic amines) is 1. The van der Waals surface area contributed by atoms with Crippen molar-refractivity contribution in [3.05, 3.63) is 34.6 Å². The molecular weight excluding hydrogens is 275 g/mol. The molecular formula is C16H24ClFN2. The molecule has 1 heterocycles. The third-order valence-electron chi connectivity index (χ3n) is 3.91. The molecule has 1 saturated heterocycles. The van der Waals surface area contributed by atoms with E-state index in [2.05, 4.69) is 24.1 Å². The number of hydrogen-bond acceptors (Lipinski definition) is 2. The van der Waals surface area contributed by atoms with E-state index in [0.717, 1.165) is 37.7 Å². The molecule has 1 aliphatic heterocycles. The van der Waals surface area contributed by atoms with Crippen LogP contribution in [-0.4, -0.2) is 30.6 Å². The van der Waals surface area contributed by atoms with E-state index in [0.29, 0.717) is 6.04 Å². The first-order chi connectivity index (χ1) is 9.54. The highest BCUT2D eigenvalue weighted by molar-refractivity contribution is 6.30. The van der Waals surface area contributed by atoms with Gasteiger partial charge in [0.1, 0.15) is 5.82 Å². The van der Waals surface area contributed by atoms with Gasteiger partial charge in [-0.1, -0.05) is 31.5 Å². The van der Waals surface area contributed by atoms with Crippen molar-refractivity contribution in [3.8, 4) is 0 Å². The highest BCUT2D eigenvalue weighted by Gasteiger charge is 2.19. The minimum atomic E-state index is -0.339. The summed E-state index contributed by atoms with van der Waals surface area (Å²) in [7, 11) is 0. The zero-order valence-corrected chi connectivity index (χ0v) is 13.1. The van der Waals surface area contributed by atoms with Crippen LogP contribution in [0.3, 0.4) is 0 Å². The molecule has 1 aromatic rings. The predicted molar refractivity (Wildman–Crippen MR) is 82.5 cm³/mol. The lowest BCUT2D eigenvalue weighted by Crippen LogP contribution is -2.38. The van der Waals surface area contributed by atoms with Crippen LogP contribution in [0, 0.1) is 11.7 Å². The van der Waals surface area contributed by atoms with Crippen LogP contribution in [-0.2, 0) is 6.54 Å². The minimum Gasteiger partial charge on any atom is -0.314 e. The van der Waals surface area contributed by atoms with Crippen molar-refractivity contribution in [1.82, 2.24) is 10.2 Å². The first kappa shape index (κ1) is 15.7. The molecule has 0 aliphatic carbocycles. The van der Waals surface area contributed by atoms with Crippen LogP contribution in [0.4, 0.5) is 4.39 Å². The van der Waals surface area contributed by atoms with Crippen molar-refractivity contribution < 1.29 is 4.39 Å². The van der Waals surface area contributed by atoms with Crippen molar-refractivity contribution in [2.45, 2.75) is 39.3 Å². The molecule has 0 aromatic heterocycles. The smallest absolute Gasteiger partial charge is 0.141 e. The Bertz CT molecular complexity index is 428. The summed E-state index contributed by atoms with van der Waals surface area (Å²) in [5, 5.41) is 3.74. The van der Waals surface area contributed by atoms with E-state index in [1.54, 1.807) is 6.07 Å². The van der Waals surface area contributed by atoms with Crippen molar-refractivity contribution in [3.63, 3.8) is 0 Å². The highest BCUT2D eigenvalue weighted by Crippen LogP contribution is 2.21. The second-order valence-electron chi connectivity index (χ2n) is 6.03. The van der Waals surface area contributed by atoms with E-state index in [4.69, 9.17) is 11.6 Å². The molecule has 0 radical (unpaired) electrons. The first-order valence-corrected chi connectivity index (χ1v) is 7.82. The Hall–Kier alpha value is -0.640. The summed E-state index contributed by atoms with van der Waals surface area (Å²) >= 11 is 5.82. The third kappa shape index (κ3) is 4.72. The van der Waals surface area contributed by atoms with Crippen LogP contribution >= 0.6 is 11.6 Å². The van der Waals surface area contributed by atoms with E-state index in [1.807, 2.05) is 6.07 Å². The summed E-state index contributed by atoms with van der Waals surface area (Å²) in [4.78, 5) is 2.43. The fourth-order valence-electron chi connectivity index (χ4n) is 2.65. The van der Waals surface area contributed by atoms with E-state index in [-0.39, 0.29) is 10.8 Å². The summed E-state index contributed by atoms with van der Waals surface area (Å²) in [5.41, 5.74) is 1.09. The van der Waals surface area contributed by atoms with Crippen molar-refractivity contribution >= 4 is 11.6 Å². The second-order valence-corrected chi connectivity index (χ2v) is 6.44. The zero-order chi connectivity index (χ0) is 14.5. The number of rotatable bonds is 5. The maximum atomic E-state index is 13.1. The number of benzene rings is 1. The topological polar surface area (TPSA) is 15.3 Å². The number of piperidine rings is 1. The van der Waals surface area contributed by atoms with Gasteiger partial charge in [0.2, 0.25) is 0 Å². The lowest BCUT2D eigenvalue weighted by Gasteiger charge is -2.32. The van der Waals surface area contributed by atoms with Crippen molar-refractivity contribution in [1.29, 1.82) is 0 Å². The molecule has 0 spiro atoms. The van der Waals surface area contributed by atoms with Gasteiger partial charge < -0.3 is 5.32 Å². The van der Waals surface area contributed by atoms with Gasteiger partial charge in [-0.05, 0) is 56.1 Å². The van der Waals surface area contributed by atoms with E-state index in [1.165, 1.54) is 18.9 Å². The van der Waals surface area contributed by atoms with E-state index >= 15 is 0 Å². The Morgan fingerprint density at radius 2 is 2.05 bits per heavy atom. The molecule has 0 atom stereocenters. The van der Waals surface area contributed by atoms with Gasteiger partial charge in [-0.25, -0.2) is 4.39 Å². The molecule has 1 aromatic carbocycles. The molecule has 0 unspecified atom stereocenters. The average molecular weight is 299 g/mol. The molecule has 1 N–H and O–H groups in total. The van der Waals surface area contributed by atoms with Gasteiger partial charge in [0.05, 0.1) is 5.02 Å². The Labute approximate surface area is 126 Å². The molecule has 0 bridgehead atoms. The van der Waals surface area contributed by atoms with Crippen LogP contribution < -0.4 is 5.32 Å². The SMILES string of the molecule is CC(C)NCC1CCN(Cc2ccc(F)c(Cl)c2)CC1. The summed E-state index contributed by atoms with van der Waals surface area (Å²) < 4.78 is 13.1. The molecule has 1 aliphatic rings. The molecule has 112 valence electrons. The minimum absolute atomic E-state index is 0.221. The molecule has 20 heavy (non-hydrogen) atoms. The lowest BCUT2D eigenvalue weighted by molar-refractivity contribution is 0.174. The van der Waals surface area contributed by atoms with Crippen molar-refractivity contribution in [2.75, 3.05) is 19.6 Å². The number of nitrogens with one attached hydrogen (secondary N) is 1. The Morgan fingerprint density at radius 3 is 2.65 bits per heavy atom. The van der Waals surface area contributed by atoms with E-state index in [9.17, 15) is 4.39 Å². The van der Waals surface area contributed by atoms with Crippen LogP contribution in [0.2, 0.25) is 5.02 Å². The predicted octanol–water partition coefficient (Wildman–Crippen LogP) is 3.69. The molecule has 1 fully saturated rings. The van der Waals surface area contributed by atoms with Crippen LogP contribution in [0.15, 0.2) is 18.2 Å².